The van der Waals surface area contributed by atoms with Crippen molar-refractivity contribution in [3.63, 3.8) is 0 Å². The van der Waals surface area contributed by atoms with E-state index in [4.69, 9.17) is 0 Å². The topological polar surface area (TPSA) is 0 Å². The quantitative estimate of drug-likeness (QED) is 0.262. The summed E-state index contributed by atoms with van der Waals surface area (Å²) in [6.45, 7) is 0. The minimum Gasteiger partial charge on any atom is -0.204 e. The van der Waals surface area contributed by atoms with Gasteiger partial charge in [0.15, 0.2) is 23.3 Å². The van der Waals surface area contributed by atoms with E-state index in [-0.39, 0.29) is 0 Å². The van der Waals surface area contributed by atoms with Crippen molar-refractivity contribution in [3.8, 4) is 0 Å². The molecule has 0 radical (unpaired) electrons. The third kappa shape index (κ3) is 1.11. The Morgan fingerprint density at radius 3 is 0.917 bits per heavy atom. The molecule has 62 valence electrons. The smallest absolute Gasteiger partial charge is 0.154 e. The van der Waals surface area contributed by atoms with Gasteiger partial charge in [-0.1, -0.05) is 0 Å². The molecule has 0 atom stereocenters. The summed E-state index contributed by atoms with van der Waals surface area (Å²) in [5, 5.41) is 0. The van der Waals surface area contributed by atoms with E-state index in [0.717, 1.165) is 15.7 Å². The molecule has 6 heteroatoms. The Kier molecular flexibility index (Phi) is 2.17. The van der Waals surface area contributed by atoms with Crippen molar-refractivity contribution in [1.82, 2.24) is 0 Å². The highest BCUT2D eigenvalue weighted by atomic mass is 19.2. The zero-order valence-electron chi connectivity index (χ0n) is 6.51. The van der Waals surface area contributed by atoms with Crippen LogP contribution in [0.1, 0.15) is 0 Å². The van der Waals surface area contributed by atoms with Crippen LogP contribution in [0, 0.1) is 23.3 Å². The molecule has 0 aromatic heterocycles. The van der Waals surface area contributed by atoms with Gasteiger partial charge in [0.2, 0.25) is 0 Å². The van der Waals surface area contributed by atoms with Crippen molar-refractivity contribution in [2.24, 2.45) is 0 Å². The van der Waals surface area contributed by atoms with E-state index in [1.54, 1.807) is 0 Å². The molecule has 0 N–H and O–H groups in total. The highest BCUT2D eigenvalue weighted by Crippen LogP contribution is 2.05. The first-order chi connectivity index (χ1) is 5.46. The van der Waals surface area contributed by atoms with Gasteiger partial charge >= 0.3 is 0 Å². The zero-order chi connectivity index (χ0) is 9.46. The van der Waals surface area contributed by atoms with Crippen molar-refractivity contribution in [3.05, 3.63) is 23.3 Å². The van der Waals surface area contributed by atoms with Gasteiger partial charge in [-0.25, -0.2) is 17.6 Å². The van der Waals surface area contributed by atoms with Crippen molar-refractivity contribution in [2.75, 3.05) is 0 Å². The van der Waals surface area contributed by atoms with Gasteiger partial charge in [0.25, 0.3) is 0 Å². The van der Waals surface area contributed by atoms with E-state index >= 15 is 0 Å². The maximum Gasteiger partial charge on any atom is 0.154 e. The zero-order valence-corrected chi connectivity index (χ0v) is 6.51. The number of rotatable bonds is 0. The van der Waals surface area contributed by atoms with Gasteiger partial charge in [0.05, 0.1) is 0 Å². The van der Waals surface area contributed by atoms with E-state index in [0.29, 0.717) is 0 Å². The Morgan fingerprint density at radius 2 is 0.750 bits per heavy atom. The Bertz CT molecular complexity index is 232. The van der Waals surface area contributed by atoms with Gasteiger partial charge in [-0.3, -0.25) is 0 Å². The molecule has 1 rings (SSSR count). The van der Waals surface area contributed by atoms with Gasteiger partial charge < -0.3 is 0 Å². The molecule has 0 bridgehead atoms. The van der Waals surface area contributed by atoms with Crippen LogP contribution in [0.25, 0.3) is 0 Å². The highest BCUT2D eigenvalue weighted by molar-refractivity contribution is 6.36. The first kappa shape index (κ1) is 9.16. The average molecular weight is 174 g/mol. The summed E-state index contributed by atoms with van der Waals surface area (Å²) in [6, 6.07) is 0. The van der Waals surface area contributed by atoms with Crippen LogP contribution in [0.5, 0.6) is 0 Å². The summed E-state index contributed by atoms with van der Waals surface area (Å²) in [6.07, 6.45) is 0. The molecule has 0 amide bonds. The maximum absolute atomic E-state index is 12.7. The van der Waals surface area contributed by atoms with E-state index in [9.17, 15) is 17.6 Å². The monoisotopic (exact) mass is 174 g/mol. The minimum atomic E-state index is -1.33. The van der Waals surface area contributed by atoms with Crippen LogP contribution >= 0.6 is 0 Å². The summed E-state index contributed by atoms with van der Waals surface area (Å²) in [5.41, 5.74) is -1.26. The molecule has 12 heavy (non-hydrogen) atoms. The molecule has 0 saturated carbocycles. The van der Waals surface area contributed by atoms with Crippen molar-refractivity contribution < 1.29 is 17.6 Å². The highest BCUT2D eigenvalue weighted by Gasteiger charge is 2.18. The Labute approximate surface area is 68.4 Å². The van der Waals surface area contributed by atoms with Gasteiger partial charge in [-0.2, -0.15) is 0 Å². The summed E-state index contributed by atoms with van der Waals surface area (Å²) >= 11 is 0. The number of hydrogen-bond donors (Lipinski definition) is 0. The van der Waals surface area contributed by atoms with E-state index in [1.165, 1.54) is 0 Å². The number of halogens is 4. The predicted molar refractivity (Wildman–Crippen MR) is 42.6 cm³/mol. The molecule has 1 aromatic rings. The number of hydrogen-bond acceptors (Lipinski definition) is 0. The molecule has 0 fully saturated rings. The molecular formula is C6H4B2F4. The van der Waals surface area contributed by atoms with Gasteiger partial charge in [0, 0.05) is 0 Å². The summed E-state index contributed by atoms with van der Waals surface area (Å²) in [5.74, 6) is -5.31. The van der Waals surface area contributed by atoms with Crippen LogP contribution in [0.2, 0.25) is 0 Å². The summed E-state index contributed by atoms with van der Waals surface area (Å²) < 4.78 is 50.6. The van der Waals surface area contributed by atoms with E-state index in [1.807, 2.05) is 0 Å². The molecule has 0 saturated heterocycles. The maximum atomic E-state index is 12.7. The van der Waals surface area contributed by atoms with Crippen LogP contribution in [-0.2, 0) is 0 Å². The third-order valence-corrected chi connectivity index (χ3v) is 1.70. The summed E-state index contributed by atoms with van der Waals surface area (Å²) in [7, 11) is 1.96. The van der Waals surface area contributed by atoms with E-state index in [2.05, 4.69) is 0 Å². The lowest BCUT2D eigenvalue weighted by Crippen LogP contribution is -2.28. The second-order valence-corrected chi connectivity index (χ2v) is 2.51. The molecule has 0 aliphatic heterocycles. The van der Waals surface area contributed by atoms with Crippen LogP contribution in [-0.4, -0.2) is 15.7 Å². The fraction of sp³-hybridized carbons (Fsp3) is 0. The lowest BCUT2D eigenvalue weighted by Gasteiger charge is -2.05. The second-order valence-electron chi connectivity index (χ2n) is 2.51. The standard InChI is InChI=1S/C6H4B2F4/c7-1-3(9)5(11)2(8)6(12)4(1)10/h7-8H2. The molecule has 0 heterocycles. The average Bonchev–Trinajstić information content (AvgIpc) is 2.08. The SMILES string of the molecule is Bc1c(F)c(F)c(B)c(F)c1F. The van der Waals surface area contributed by atoms with Crippen LogP contribution in [0.3, 0.4) is 0 Å². The van der Waals surface area contributed by atoms with Crippen LogP contribution in [0.15, 0.2) is 0 Å². The van der Waals surface area contributed by atoms with E-state index < -0.39 is 34.2 Å². The van der Waals surface area contributed by atoms with Crippen molar-refractivity contribution in [2.45, 2.75) is 0 Å². The van der Waals surface area contributed by atoms with Crippen molar-refractivity contribution in [1.29, 1.82) is 0 Å². The fourth-order valence-electron chi connectivity index (χ4n) is 0.851. The Morgan fingerprint density at radius 1 is 0.583 bits per heavy atom. The lowest BCUT2D eigenvalue weighted by atomic mass is 9.87. The number of benzene rings is 1. The normalized spacial score (nSPS) is 10.3. The molecule has 0 aliphatic carbocycles. The second kappa shape index (κ2) is 2.84. The predicted octanol–water partition coefficient (Wildman–Crippen LogP) is -1.24. The summed E-state index contributed by atoms with van der Waals surface area (Å²) in [4.78, 5) is 0. The molecule has 0 nitrogen and oxygen atoms in total. The molecule has 0 spiro atoms. The van der Waals surface area contributed by atoms with Crippen molar-refractivity contribution >= 4 is 26.6 Å². The molecule has 0 aliphatic rings. The van der Waals surface area contributed by atoms with Crippen LogP contribution < -0.4 is 10.9 Å². The minimum absolute atomic E-state index is 0.629. The largest absolute Gasteiger partial charge is 0.204 e. The Hall–Kier alpha value is -0.930. The van der Waals surface area contributed by atoms with Crippen LogP contribution in [0.4, 0.5) is 17.6 Å². The fourth-order valence-corrected chi connectivity index (χ4v) is 0.851. The first-order valence-corrected chi connectivity index (χ1v) is 3.26. The van der Waals surface area contributed by atoms with Gasteiger partial charge in [-0.15, -0.1) is 0 Å². The third-order valence-electron chi connectivity index (χ3n) is 1.70. The van der Waals surface area contributed by atoms with Gasteiger partial charge in [-0.05, 0) is 10.9 Å². The molecule has 0 unspecified atom stereocenters. The molecular weight excluding hydrogens is 170 g/mol. The lowest BCUT2D eigenvalue weighted by molar-refractivity contribution is 0.473. The molecule has 1 aromatic carbocycles. The first-order valence-electron chi connectivity index (χ1n) is 3.26. The van der Waals surface area contributed by atoms with Gasteiger partial charge in [0.1, 0.15) is 15.7 Å². The Balaban J connectivity index is 3.60.